The molecule has 0 unspecified atom stereocenters. The lowest BCUT2D eigenvalue weighted by atomic mass is 10.0. The zero-order valence-electron chi connectivity index (χ0n) is 19.2. The molecule has 1 fully saturated rings. The molecule has 0 aromatic heterocycles. The second-order valence-electron chi connectivity index (χ2n) is 8.85. The van der Waals surface area contributed by atoms with Crippen LogP contribution < -0.4 is 5.32 Å². The lowest BCUT2D eigenvalue weighted by Gasteiger charge is -2.37. The van der Waals surface area contributed by atoms with Crippen LogP contribution in [0, 0.1) is 5.82 Å². The van der Waals surface area contributed by atoms with Crippen molar-refractivity contribution in [3.63, 3.8) is 0 Å². The van der Waals surface area contributed by atoms with Gasteiger partial charge in [-0.05, 0) is 58.9 Å². The number of ether oxygens (including phenoxy) is 2. The number of carbonyl (C=O) groups excluding carboxylic acids is 2. The van der Waals surface area contributed by atoms with Gasteiger partial charge < -0.3 is 14.4 Å². The number of benzene rings is 1. The largest absolute Gasteiger partial charge is 0.448 e. The second-order valence-corrected chi connectivity index (χ2v) is 10.9. The van der Waals surface area contributed by atoms with Crippen molar-refractivity contribution in [1.29, 1.82) is 0 Å². The molecule has 0 atom stereocenters. The fourth-order valence-electron chi connectivity index (χ4n) is 3.25. The van der Waals surface area contributed by atoms with E-state index in [1.807, 2.05) is 27.8 Å². The molecule has 180 valence electrons. The normalized spacial score (nSPS) is 15.5. The molecule has 1 heterocycles. The van der Waals surface area contributed by atoms with Crippen LogP contribution in [0.4, 0.5) is 19.7 Å². The minimum atomic E-state index is -3.54. The summed E-state index contributed by atoms with van der Waals surface area (Å²) in [6, 6.07) is 3.48. The van der Waals surface area contributed by atoms with E-state index in [0.29, 0.717) is 19.6 Å². The van der Waals surface area contributed by atoms with Gasteiger partial charge in [0.25, 0.3) is 0 Å². The second kappa shape index (κ2) is 10.5. The standard InChI is InChI=1S/C21H32FN3O6S/c1-21(2,3)31-20(27)25-10-8-15(9-11-25)24(4)12-13-30-19(26)23-18-7-6-16(14-17(18)22)32(5,28)29/h6-7,14-15H,8-13H2,1-5H3,(H,23,26). The molecule has 1 aliphatic rings. The molecule has 2 amide bonds. The summed E-state index contributed by atoms with van der Waals surface area (Å²) in [7, 11) is -1.62. The molecule has 0 saturated carbocycles. The highest BCUT2D eigenvalue weighted by atomic mass is 32.2. The number of hydrogen-bond acceptors (Lipinski definition) is 7. The van der Waals surface area contributed by atoms with Gasteiger partial charge in [-0.1, -0.05) is 0 Å². The summed E-state index contributed by atoms with van der Waals surface area (Å²) in [5.41, 5.74) is -0.688. The molecule has 1 aliphatic heterocycles. The number of sulfone groups is 1. The molecule has 1 N–H and O–H groups in total. The van der Waals surface area contributed by atoms with E-state index in [2.05, 4.69) is 10.2 Å². The van der Waals surface area contributed by atoms with E-state index < -0.39 is 27.3 Å². The molecule has 9 nitrogen and oxygen atoms in total. The topological polar surface area (TPSA) is 105 Å². The van der Waals surface area contributed by atoms with Crippen molar-refractivity contribution >= 4 is 27.7 Å². The molecule has 11 heteroatoms. The maximum absolute atomic E-state index is 14.0. The van der Waals surface area contributed by atoms with Crippen LogP contribution in [-0.2, 0) is 19.3 Å². The molecule has 1 saturated heterocycles. The van der Waals surface area contributed by atoms with Crippen LogP contribution in [0.15, 0.2) is 23.1 Å². The SMILES string of the molecule is CN(CCOC(=O)Nc1ccc(S(C)(=O)=O)cc1F)C1CCN(C(=O)OC(C)(C)C)CC1. The molecule has 1 aromatic rings. The van der Waals surface area contributed by atoms with Crippen molar-refractivity contribution in [3.05, 3.63) is 24.0 Å². The first-order valence-corrected chi connectivity index (χ1v) is 12.3. The van der Waals surface area contributed by atoms with Gasteiger partial charge in [0.15, 0.2) is 9.84 Å². The van der Waals surface area contributed by atoms with Gasteiger partial charge in [0, 0.05) is 31.9 Å². The van der Waals surface area contributed by atoms with E-state index in [9.17, 15) is 22.4 Å². The number of carbonyl (C=O) groups is 2. The van der Waals surface area contributed by atoms with Crippen molar-refractivity contribution in [3.8, 4) is 0 Å². The molecule has 0 bridgehead atoms. The fraction of sp³-hybridized carbons (Fsp3) is 0.619. The summed E-state index contributed by atoms with van der Waals surface area (Å²) in [5, 5.41) is 2.27. The van der Waals surface area contributed by atoms with Crippen LogP contribution in [0.1, 0.15) is 33.6 Å². The Bertz CT molecular complexity index is 924. The van der Waals surface area contributed by atoms with Gasteiger partial charge in [-0.15, -0.1) is 0 Å². The number of likely N-dealkylation sites (N-methyl/N-ethyl adjacent to an activating group) is 1. The number of rotatable bonds is 6. The van der Waals surface area contributed by atoms with Crippen LogP contribution in [-0.4, -0.2) is 81.6 Å². The monoisotopic (exact) mass is 473 g/mol. The first kappa shape index (κ1) is 25.9. The highest BCUT2D eigenvalue weighted by Crippen LogP contribution is 2.20. The van der Waals surface area contributed by atoms with Crippen molar-refractivity contribution in [2.45, 2.75) is 50.2 Å². The van der Waals surface area contributed by atoms with Gasteiger partial charge in [-0.2, -0.15) is 0 Å². The Morgan fingerprint density at radius 2 is 1.88 bits per heavy atom. The third-order valence-corrected chi connectivity index (χ3v) is 6.13. The molecular weight excluding hydrogens is 441 g/mol. The number of amides is 2. The Morgan fingerprint density at radius 3 is 2.41 bits per heavy atom. The smallest absolute Gasteiger partial charge is 0.411 e. The minimum absolute atomic E-state index is 0.0949. The third kappa shape index (κ3) is 7.94. The summed E-state index contributed by atoms with van der Waals surface area (Å²) in [4.78, 5) is 27.7. The Morgan fingerprint density at radius 1 is 1.25 bits per heavy atom. The van der Waals surface area contributed by atoms with E-state index in [1.54, 1.807) is 4.90 Å². The number of halogens is 1. The zero-order valence-corrected chi connectivity index (χ0v) is 20.0. The molecule has 2 rings (SSSR count). The molecule has 0 aliphatic carbocycles. The fourth-order valence-corrected chi connectivity index (χ4v) is 3.89. The number of nitrogens with zero attached hydrogens (tertiary/aromatic N) is 2. The van der Waals surface area contributed by atoms with Gasteiger partial charge in [0.05, 0.1) is 10.6 Å². The van der Waals surface area contributed by atoms with E-state index in [4.69, 9.17) is 9.47 Å². The Labute approximate surface area is 188 Å². The van der Waals surface area contributed by atoms with E-state index in [-0.39, 0.29) is 29.3 Å². The average Bonchev–Trinajstić information content (AvgIpc) is 2.67. The zero-order chi connectivity index (χ0) is 24.1. The summed E-state index contributed by atoms with van der Waals surface area (Å²) < 4.78 is 47.4. The molecule has 0 spiro atoms. The minimum Gasteiger partial charge on any atom is -0.448 e. The molecule has 1 aromatic carbocycles. The number of likely N-dealkylation sites (tertiary alicyclic amines) is 1. The maximum atomic E-state index is 14.0. The number of nitrogens with one attached hydrogen (secondary N) is 1. The van der Waals surface area contributed by atoms with Gasteiger partial charge in [-0.25, -0.2) is 22.4 Å². The Hall–Kier alpha value is -2.40. The van der Waals surface area contributed by atoms with Crippen LogP contribution in [0.3, 0.4) is 0 Å². The van der Waals surface area contributed by atoms with Gasteiger partial charge >= 0.3 is 12.2 Å². The summed E-state index contributed by atoms with van der Waals surface area (Å²) >= 11 is 0. The average molecular weight is 474 g/mol. The maximum Gasteiger partial charge on any atom is 0.411 e. The Kier molecular flexibility index (Phi) is 8.47. The first-order valence-electron chi connectivity index (χ1n) is 10.4. The lowest BCUT2D eigenvalue weighted by Crippen LogP contribution is -2.47. The van der Waals surface area contributed by atoms with Gasteiger partial charge in [0.2, 0.25) is 0 Å². The van der Waals surface area contributed by atoms with Crippen LogP contribution in [0.25, 0.3) is 0 Å². The predicted molar refractivity (Wildman–Crippen MR) is 118 cm³/mol. The van der Waals surface area contributed by atoms with E-state index in [0.717, 1.165) is 25.2 Å². The number of anilines is 1. The van der Waals surface area contributed by atoms with Crippen molar-refractivity contribution in [1.82, 2.24) is 9.80 Å². The van der Waals surface area contributed by atoms with E-state index >= 15 is 0 Å². The van der Waals surface area contributed by atoms with Gasteiger partial charge in [-0.3, -0.25) is 10.2 Å². The highest BCUT2D eigenvalue weighted by molar-refractivity contribution is 7.90. The van der Waals surface area contributed by atoms with Crippen LogP contribution in [0.5, 0.6) is 0 Å². The first-order chi connectivity index (χ1) is 14.8. The van der Waals surface area contributed by atoms with Crippen molar-refractivity contribution in [2.24, 2.45) is 0 Å². The summed E-state index contributed by atoms with van der Waals surface area (Å²) in [6.07, 6.45) is 1.39. The number of hydrogen-bond donors (Lipinski definition) is 1. The molecule has 32 heavy (non-hydrogen) atoms. The van der Waals surface area contributed by atoms with Crippen LogP contribution >= 0.6 is 0 Å². The lowest BCUT2D eigenvalue weighted by molar-refractivity contribution is 0.0147. The quantitative estimate of drug-likeness (QED) is 0.677. The number of piperidine rings is 1. The summed E-state index contributed by atoms with van der Waals surface area (Å²) in [5.74, 6) is -0.862. The third-order valence-electron chi connectivity index (χ3n) is 5.02. The van der Waals surface area contributed by atoms with Crippen molar-refractivity contribution in [2.75, 3.05) is 44.9 Å². The summed E-state index contributed by atoms with van der Waals surface area (Å²) in [6.45, 7) is 7.25. The predicted octanol–water partition coefficient (Wildman–Crippen LogP) is 3.11. The molecule has 0 radical (unpaired) electrons. The highest BCUT2D eigenvalue weighted by Gasteiger charge is 2.28. The van der Waals surface area contributed by atoms with E-state index in [1.165, 1.54) is 12.1 Å². The Balaban J connectivity index is 1.74. The van der Waals surface area contributed by atoms with Crippen molar-refractivity contribution < 1.29 is 31.9 Å². The van der Waals surface area contributed by atoms with Gasteiger partial charge in [0.1, 0.15) is 18.0 Å². The molecular formula is C21H32FN3O6S. The van der Waals surface area contributed by atoms with Crippen LogP contribution in [0.2, 0.25) is 0 Å².